The number of ether oxygens (including phenoxy) is 1. The molecule has 0 aliphatic carbocycles. The number of halogens is 3. The van der Waals surface area contributed by atoms with Crippen molar-refractivity contribution in [2.45, 2.75) is 45.5 Å². The Morgan fingerprint density at radius 2 is 1.97 bits per heavy atom. The number of hydrogen-bond donors (Lipinski definition) is 0. The quantitative estimate of drug-likeness (QED) is 0.381. The third-order valence-corrected chi connectivity index (χ3v) is 6.49. The molecule has 0 N–H and O–H groups in total. The monoisotopic (exact) mass is 494 g/mol. The van der Waals surface area contributed by atoms with E-state index in [9.17, 15) is 13.2 Å². The van der Waals surface area contributed by atoms with Crippen LogP contribution in [0.4, 0.5) is 19.0 Å². The molecule has 14 heteroatoms. The van der Waals surface area contributed by atoms with Gasteiger partial charge in [-0.3, -0.25) is 0 Å². The highest BCUT2D eigenvalue weighted by Gasteiger charge is 2.39. The Kier molecular flexibility index (Phi) is 5.93. The first-order valence-electron chi connectivity index (χ1n) is 10.7. The molecule has 5 heterocycles. The third-order valence-electron chi connectivity index (χ3n) is 5.40. The van der Waals surface area contributed by atoms with E-state index < -0.39 is 12.0 Å². The maximum atomic E-state index is 13.2. The molecule has 0 radical (unpaired) electrons. The lowest BCUT2D eigenvalue weighted by Gasteiger charge is -2.29. The van der Waals surface area contributed by atoms with Gasteiger partial charge in [-0.1, -0.05) is 13.3 Å². The SMILES string of the molecule is CCCc1cc2c(N3CCn4c(nnc4C(F)(F)F)C3)nc(-c3nnc(CCOC)o3)nc2s1. The molecular weight excluding hydrogens is 473 g/mol. The average Bonchev–Trinajstić information content (AvgIpc) is 3.53. The highest BCUT2D eigenvalue weighted by atomic mass is 32.1. The van der Waals surface area contributed by atoms with E-state index in [0.717, 1.165) is 32.5 Å². The minimum Gasteiger partial charge on any atom is -0.418 e. The second-order valence-electron chi connectivity index (χ2n) is 7.81. The van der Waals surface area contributed by atoms with E-state index >= 15 is 0 Å². The Bertz CT molecular complexity index is 1320. The molecule has 0 saturated carbocycles. The summed E-state index contributed by atoms with van der Waals surface area (Å²) in [6, 6.07) is 2.04. The van der Waals surface area contributed by atoms with Gasteiger partial charge in [0, 0.05) is 31.5 Å². The predicted molar refractivity (Wildman–Crippen MR) is 116 cm³/mol. The van der Waals surface area contributed by atoms with Gasteiger partial charge < -0.3 is 18.6 Å². The molecule has 4 aromatic heterocycles. The number of methoxy groups -OCH3 is 1. The summed E-state index contributed by atoms with van der Waals surface area (Å²) >= 11 is 1.55. The first-order chi connectivity index (χ1) is 16.4. The number of aromatic nitrogens is 7. The smallest absolute Gasteiger partial charge is 0.418 e. The molecule has 0 aromatic carbocycles. The fourth-order valence-corrected chi connectivity index (χ4v) is 4.97. The molecule has 0 unspecified atom stereocenters. The van der Waals surface area contributed by atoms with Gasteiger partial charge in [-0.2, -0.15) is 13.2 Å². The van der Waals surface area contributed by atoms with Crippen LogP contribution in [0.1, 0.15) is 35.8 Å². The van der Waals surface area contributed by atoms with Crippen molar-refractivity contribution < 1.29 is 22.3 Å². The number of hydrogen-bond acceptors (Lipinski definition) is 10. The molecule has 10 nitrogen and oxygen atoms in total. The number of rotatable bonds is 7. The Balaban J connectivity index is 1.54. The van der Waals surface area contributed by atoms with Crippen molar-refractivity contribution in [3.63, 3.8) is 0 Å². The van der Waals surface area contributed by atoms with E-state index in [-0.39, 0.29) is 30.6 Å². The van der Waals surface area contributed by atoms with Crippen molar-refractivity contribution in [2.24, 2.45) is 0 Å². The Morgan fingerprint density at radius 3 is 2.74 bits per heavy atom. The molecular formula is C20H21F3N8O2S. The van der Waals surface area contributed by atoms with Gasteiger partial charge in [0.15, 0.2) is 5.82 Å². The zero-order valence-corrected chi connectivity index (χ0v) is 19.3. The van der Waals surface area contributed by atoms with Gasteiger partial charge in [-0.15, -0.1) is 31.7 Å². The van der Waals surface area contributed by atoms with E-state index in [1.165, 1.54) is 0 Å². The lowest BCUT2D eigenvalue weighted by atomic mass is 10.2. The molecule has 0 fully saturated rings. The molecule has 0 saturated heterocycles. The van der Waals surface area contributed by atoms with Crippen molar-refractivity contribution in [2.75, 3.05) is 25.2 Å². The van der Waals surface area contributed by atoms with E-state index in [1.807, 2.05) is 11.0 Å². The van der Waals surface area contributed by atoms with Gasteiger partial charge in [0.05, 0.1) is 18.5 Å². The van der Waals surface area contributed by atoms with E-state index in [1.54, 1.807) is 18.4 Å². The van der Waals surface area contributed by atoms with Crippen molar-refractivity contribution in [3.05, 3.63) is 28.5 Å². The van der Waals surface area contributed by atoms with Crippen molar-refractivity contribution in [1.29, 1.82) is 0 Å². The second kappa shape index (κ2) is 8.91. The highest BCUT2D eigenvalue weighted by molar-refractivity contribution is 7.18. The molecule has 4 aromatic rings. The Hall–Kier alpha value is -3.13. The zero-order chi connectivity index (χ0) is 23.9. The number of thiophene rings is 1. The second-order valence-corrected chi connectivity index (χ2v) is 8.92. The number of anilines is 1. The van der Waals surface area contributed by atoms with E-state index in [2.05, 4.69) is 32.3 Å². The van der Waals surface area contributed by atoms with Crippen LogP contribution in [-0.2, 0) is 36.8 Å². The van der Waals surface area contributed by atoms with Gasteiger partial charge in [0.1, 0.15) is 10.6 Å². The normalized spacial score (nSPS) is 14.2. The van der Waals surface area contributed by atoms with Gasteiger partial charge in [-0.05, 0) is 12.5 Å². The summed E-state index contributed by atoms with van der Waals surface area (Å²) in [4.78, 5) is 13.1. The summed E-state index contributed by atoms with van der Waals surface area (Å²) < 4.78 is 51.6. The number of nitrogens with zero attached hydrogens (tertiary/aromatic N) is 8. The molecule has 1 aliphatic heterocycles. The van der Waals surface area contributed by atoms with Crippen LogP contribution in [0.2, 0.25) is 0 Å². The fraction of sp³-hybridized carbons (Fsp3) is 0.500. The summed E-state index contributed by atoms with van der Waals surface area (Å²) in [6.07, 6.45) is -2.23. The van der Waals surface area contributed by atoms with Gasteiger partial charge in [0.2, 0.25) is 17.5 Å². The van der Waals surface area contributed by atoms with Gasteiger partial charge in [-0.25, -0.2) is 9.97 Å². The summed E-state index contributed by atoms with van der Waals surface area (Å²) in [6.45, 7) is 3.06. The van der Waals surface area contributed by atoms with Crippen LogP contribution in [0.3, 0.4) is 0 Å². The summed E-state index contributed by atoms with van der Waals surface area (Å²) in [5.41, 5.74) is 0. The molecule has 180 valence electrons. The largest absolute Gasteiger partial charge is 0.451 e. The molecule has 1 aliphatic rings. The fourth-order valence-electron chi connectivity index (χ4n) is 3.85. The average molecular weight is 495 g/mol. The first-order valence-corrected chi connectivity index (χ1v) is 11.6. The van der Waals surface area contributed by atoms with E-state index in [4.69, 9.17) is 14.1 Å². The van der Waals surface area contributed by atoms with Crippen LogP contribution in [0.25, 0.3) is 21.9 Å². The predicted octanol–water partition coefficient (Wildman–Crippen LogP) is 3.51. The number of alkyl halides is 3. The summed E-state index contributed by atoms with van der Waals surface area (Å²) in [7, 11) is 1.59. The Morgan fingerprint density at radius 1 is 1.12 bits per heavy atom. The van der Waals surface area contributed by atoms with Crippen LogP contribution < -0.4 is 4.90 Å². The van der Waals surface area contributed by atoms with Crippen LogP contribution in [0.15, 0.2) is 10.5 Å². The van der Waals surface area contributed by atoms with E-state index in [0.29, 0.717) is 31.3 Å². The maximum Gasteiger partial charge on any atom is 0.451 e. The van der Waals surface area contributed by atoms with Crippen molar-refractivity contribution >= 4 is 27.4 Å². The lowest BCUT2D eigenvalue weighted by molar-refractivity contribution is -0.147. The maximum absolute atomic E-state index is 13.2. The summed E-state index contributed by atoms with van der Waals surface area (Å²) in [5, 5.41) is 16.1. The lowest BCUT2D eigenvalue weighted by Crippen LogP contribution is -2.36. The molecule has 5 rings (SSSR count). The molecule has 0 atom stereocenters. The molecule has 0 amide bonds. The highest BCUT2D eigenvalue weighted by Crippen LogP contribution is 2.36. The molecule has 34 heavy (non-hydrogen) atoms. The van der Waals surface area contributed by atoms with Crippen molar-refractivity contribution in [3.8, 4) is 11.7 Å². The van der Waals surface area contributed by atoms with Gasteiger partial charge >= 0.3 is 6.18 Å². The molecule has 0 spiro atoms. The standard InChI is InChI=1S/C20H21F3N8O2S/c1-3-4-11-9-12-16(30-6-7-31-13(10-30)26-29-19(31)20(21,22)23)24-15(25-18(12)34-11)17-28-27-14(33-17)5-8-32-2/h9H,3-8,10H2,1-2H3. The first kappa shape index (κ1) is 22.7. The van der Waals surface area contributed by atoms with Crippen LogP contribution >= 0.6 is 11.3 Å². The Labute approximate surface area is 195 Å². The van der Waals surface area contributed by atoms with Crippen LogP contribution in [0, 0.1) is 0 Å². The third kappa shape index (κ3) is 4.22. The minimum absolute atomic E-state index is 0.0890. The number of fused-ring (bicyclic) bond motifs is 2. The zero-order valence-electron chi connectivity index (χ0n) is 18.5. The van der Waals surface area contributed by atoms with Crippen LogP contribution in [0.5, 0.6) is 0 Å². The van der Waals surface area contributed by atoms with Crippen molar-refractivity contribution in [1.82, 2.24) is 34.9 Å². The topological polar surface area (TPSA) is 108 Å². The van der Waals surface area contributed by atoms with Crippen LogP contribution in [-0.4, -0.2) is 55.2 Å². The molecule has 0 bridgehead atoms. The van der Waals surface area contributed by atoms with Gasteiger partial charge in [0.25, 0.3) is 5.89 Å². The number of aryl methyl sites for hydroxylation is 1. The minimum atomic E-state index is -4.55. The summed E-state index contributed by atoms with van der Waals surface area (Å²) in [5.74, 6) is 0.705.